The van der Waals surface area contributed by atoms with Crippen LogP contribution in [0.15, 0.2) is 64.8 Å². The zero-order valence-electron chi connectivity index (χ0n) is 12.1. The summed E-state index contributed by atoms with van der Waals surface area (Å²) in [4.78, 5) is 0. The fraction of sp³-hybridized carbons (Fsp3) is 0.125. The SMILES string of the molecule is NC/C(=N\N=C(N)N)c1cccc(OCc2ccccc2)c1. The summed E-state index contributed by atoms with van der Waals surface area (Å²) in [7, 11) is 0. The maximum atomic E-state index is 5.77. The van der Waals surface area contributed by atoms with Crippen molar-refractivity contribution < 1.29 is 4.74 Å². The molecule has 0 fully saturated rings. The molecule has 0 heterocycles. The largest absolute Gasteiger partial charge is 0.489 e. The van der Waals surface area contributed by atoms with Crippen molar-refractivity contribution in [3.05, 3.63) is 65.7 Å². The molecule has 2 rings (SSSR count). The molecule has 0 aliphatic carbocycles. The highest BCUT2D eigenvalue weighted by atomic mass is 16.5. The summed E-state index contributed by atoms with van der Waals surface area (Å²) in [5.41, 5.74) is 18.7. The number of hydrogen-bond donors (Lipinski definition) is 3. The highest BCUT2D eigenvalue weighted by Crippen LogP contribution is 2.16. The van der Waals surface area contributed by atoms with Crippen LogP contribution < -0.4 is 21.9 Å². The van der Waals surface area contributed by atoms with Gasteiger partial charge in [-0.05, 0) is 17.7 Å². The zero-order chi connectivity index (χ0) is 15.8. The second-order valence-electron chi connectivity index (χ2n) is 4.58. The van der Waals surface area contributed by atoms with E-state index in [1.54, 1.807) is 0 Å². The van der Waals surface area contributed by atoms with Crippen molar-refractivity contribution in [2.24, 2.45) is 27.4 Å². The third kappa shape index (κ3) is 4.60. The molecule has 0 saturated heterocycles. The minimum atomic E-state index is -0.109. The maximum Gasteiger partial charge on any atom is 0.211 e. The van der Waals surface area contributed by atoms with Crippen molar-refractivity contribution in [2.45, 2.75) is 6.61 Å². The van der Waals surface area contributed by atoms with Gasteiger partial charge in [-0.1, -0.05) is 42.5 Å². The van der Waals surface area contributed by atoms with Crippen LogP contribution in [0, 0.1) is 0 Å². The van der Waals surface area contributed by atoms with Crippen LogP contribution in [0.3, 0.4) is 0 Å². The van der Waals surface area contributed by atoms with E-state index in [0.717, 1.165) is 16.9 Å². The van der Waals surface area contributed by atoms with Crippen LogP contribution in [0.1, 0.15) is 11.1 Å². The summed E-state index contributed by atoms with van der Waals surface area (Å²) in [6.07, 6.45) is 0. The summed E-state index contributed by atoms with van der Waals surface area (Å²) in [6.45, 7) is 0.714. The van der Waals surface area contributed by atoms with E-state index in [0.29, 0.717) is 12.3 Å². The van der Waals surface area contributed by atoms with Gasteiger partial charge in [0.05, 0.1) is 5.71 Å². The van der Waals surface area contributed by atoms with Gasteiger partial charge < -0.3 is 21.9 Å². The van der Waals surface area contributed by atoms with Crippen LogP contribution in [0.5, 0.6) is 5.75 Å². The molecule has 0 unspecified atom stereocenters. The molecular formula is C16H19N5O. The second-order valence-corrected chi connectivity index (χ2v) is 4.58. The highest BCUT2D eigenvalue weighted by molar-refractivity contribution is 6.02. The predicted octanol–water partition coefficient (Wildman–Crippen LogP) is 1.20. The fourth-order valence-electron chi connectivity index (χ4n) is 1.84. The van der Waals surface area contributed by atoms with Crippen molar-refractivity contribution in [3.63, 3.8) is 0 Å². The number of nitrogens with zero attached hydrogens (tertiary/aromatic N) is 2. The zero-order valence-corrected chi connectivity index (χ0v) is 12.1. The van der Waals surface area contributed by atoms with E-state index >= 15 is 0 Å². The van der Waals surface area contributed by atoms with Gasteiger partial charge in [0.1, 0.15) is 12.4 Å². The smallest absolute Gasteiger partial charge is 0.211 e. The Morgan fingerprint density at radius 1 is 0.955 bits per heavy atom. The Labute approximate surface area is 129 Å². The van der Waals surface area contributed by atoms with E-state index in [1.807, 2.05) is 54.6 Å². The van der Waals surface area contributed by atoms with Gasteiger partial charge in [0.25, 0.3) is 0 Å². The molecule has 0 aliphatic rings. The summed E-state index contributed by atoms with van der Waals surface area (Å²) in [5, 5.41) is 7.58. The quantitative estimate of drug-likeness (QED) is 0.422. The summed E-state index contributed by atoms with van der Waals surface area (Å²) in [6, 6.07) is 17.4. The minimum Gasteiger partial charge on any atom is -0.489 e. The molecule has 0 bridgehead atoms. The summed E-state index contributed by atoms with van der Waals surface area (Å²) in [5.74, 6) is 0.620. The first-order valence-corrected chi connectivity index (χ1v) is 6.81. The van der Waals surface area contributed by atoms with Gasteiger partial charge >= 0.3 is 0 Å². The van der Waals surface area contributed by atoms with Gasteiger partial charge in [-0.3, -0.25) is 0 Å². The van der Waals surface area contributed by atoms with Crippen molar-refractivity contribution >= 4 is 11.7 Å². The predicted molar refractivity (Wildman–Crippen MR) is 88.6 cm³/mol. The van der Waals surface area contributed by atoms with Crippen LogP contribution >= 0.6 is 0 Å². The Hall–Kier alpha value is -2.86. The number of benzene rings is 2. The van der Waals surface area contributed by atoms with Crippen LogP contribution in [-0.4, -0.2) is 18.2 Å². The van der Waals surface area contributed by atoms with Crippen molar-refractivity contribution in [1.29, 1.82) is 0 Å². The van der Waals surface area contributed by atoms with E-state index in [1.165, 1.54) is 0 Å². The van der Waals surface area contributed by atoms with E-state index in [2.05, 4.69) is 10.2 Å². The molecule has 6 nitrogen and oxygen atoms in total. The number of nitrogens with two attached hydrogens (primary N) is 3. The molecule has 114 valence electrons. The molecule has 0 atom stereocenters. The Morgan fingerprint density at radius 2 is 1.73 bits per heavy atom. The first-order valence-electron chi connectivity index (χ1n) is 6.81. The van der Waals surface area contributed by atoms with Gasteiger partial charge in [-0.25, -0.2) is 0 Å². The Kier molecular flexibility index (Phi) is 5.50. The second kappa shape index (κ2) is 7.80. The summed E-state index contributed by atoms with van der Waals surface area (Å²) >= 11 is 0. The molecule has 0 spiro atoms. The highest BCUT2D eigenvalue weighted by Gasteiger charge is 2.04. The monoisotopic (exact) mass is 297 g/mol. The third-order valence-electron chi connectivity index (χ3n) is 2.90. The fourth-order valence-corrected chi connectivity index (χ4v) is 1.84. The standard InChI is InChI=1S/C16H19N5O/c17-10-15(20-21-16(18)19)13-7-4-8-14(9-13)22-11-12-5-2-1-3-6-12/h1-9H,10-11,17H2,(H4,18,19,21)/b20-15+. The van der Waals surface area contributed by atoms with Gasteiger partial charge in [-0.15, -0.1) is 5.10 Å². The molecule has 2 aromatic rings. The number of ether oxygens (including phenoxy) is 1. The van der Waals surface area contributed by atoms with Crippen LogP contribution in [-0.2, 0) is 6.61 Å². The molecule has 22 heavy (non-hydrogen) atoms. The van der Waals surface area contributed by atoms with Gasteiger partial charge in [-0.2, -0.15) is 5.10 Å². The molecule has 0 saturated carbocycles. The number of rotatable bonds is 6. The van der Waals surface area contributed by atoms with Gasteiger partial charge in [0.15, 0.2) is 0 Å². The van der Waals surface area contributed by atoms with E-state index in [-0.39, 0.29) is 12.5 Å². The van der Waals surface area contributed by atoms with Crippen LogP contribution in [0.4, 0.5) is 0 Å². The Bertz CT molecular complexity index is 663. The summed E-state index contributed by atoms with van der Waals surface area (Å²) < 4.78 is 5.77. The van der Waals surface area contributed by atoms with Gasteiger partial charge in [0.2, 0.25) is 5.96 Å². The number of hydrogen-bond acceptors (Lipinski definition) is 4. The molecule has 6 N–H and O–H groups in total. The molecule has 6 heteroatoms. The van der Waals surface area contributed by atoms with Gasteiger partial charge in [0, 0.05) is 12.1 Å². The first-order chi connectivity index (χ1) is 10.7. The minimum absolute atomic E-state index is 0.109. The molecule has 0 aliphatic heterocycles. The lowest BCUT2D eigenvalue weighted by Gasteiger charge is -2.08. The van der Waals surface area contributed by atoms with E-state index < -0.39 is 0 Å². The van der Waals surface area contributed by atoms with Crippen molar-refractivity contribution in [2.75, 3.05) is 6.54 Å². The van der Waals surface area contributed by atoms with Crippen molar-refractivity contribution in [3.8, 4) is 5.75 Å². The molecule has 0 radical (unpaired) electrons. The topological polar surface area (TPSA) is 112 Å². The number of guanidine groups is 1. The van der Waals surface area contributed by atoms with Crippen LogP contribution in [0.2, 0.25) is 0 Å². The lowest BCUT2D eigenvalue weighted by Crippen LogP contribution is -2.23. The Balaban J connectivity index is 2.12. The van der Waals surface area contributed by atoms with Crippen LogP contribution in [0.25, 0.3) is 0 Å². The Morgan fingerprint density at radius 3 is 2.41 bits per heavy atom. The third-order valence-corrected chi connectivity index (χ3v) is 2.90. The first kappa shape index (κ1) is 15.5. The average molecular weight is 297 g/mol. The molecule has 2 aromatic carbocycles. The lowest BCUT2D eigenvalue weighted by atomic mass is 10.1. The normalized spacial score (nSPS) is 11.0. The maximum absolute atomic E-state index is 5.77. The average Bonchev–Trinajstić information content (AvgIpc) is 2.55. The molecular weight excluding hydrogens is 278 g/mol. The molecule has 0 amide bonds. The van der Waals surface area contributed by atoms with E-state index in [9.17, 15) is 0 Å². The molecule has 0 aromatic heterocycles. The lowest BCUT2D eigenvalue weighted by molar-refractivity contribution is 0.306. The van der Waals surface area contributed by atoms with E-state index in [4.69, 9.17) is 21.9 Å². The van der Waals surface area contributed by atoms with Crippen molar-refractivity contribution in [1.82, 2.24) is 0 Å².